The molecule has 10 heteroatoms. The van der Waals surface area contributed by atoms with E-state index in [1.807, 2.05) is 26.0 Å². The van der Waals surface area contributed by atoms with E-state index in [0.29, 0.717) is 17.8 Å². The lowest BCUT2D eigenvalue weighted by Crippen LogP contribution is -2.26. The summed E-state index contributed by atoms with van der Waals surface area (Å²) in [6.07, 6.45) is 4.35. The van der Waals surface area contributed by atoms with Crippen molar-refractivity contribution in [2.45, 2.75) is 58.2 Å². The Morgan fingerprint density at radius 1 is 0.971 bits per heavy atom. The maximum Gasteiger partial charge on any atom is 0.417 e. The van der Waals surface area contributed by atoms with E-state index in [9.17, 15) is 18.0 Å². The van der Waals surface area contributed by atoms with Crippen molar-refractivity contribution in [2.75, 3.05) is 18.0 Å². The number of carbonyl (C=O) groups is 1. The van der Waals surface area contributed by atoms with Gasteiger partial charge in [-0.2, -0.15) is 18.3 Å². The number of alkyl halides is 3. The number of anilines is 1. The van der Waals surface area contributed by atoms with Crippen LogP contribution in [0.3, 0.4) is 0 Å². The topological polar surface area (TPSA) is 75.9 Å². The molecule has 1 amide bonds. The van der Waals surface area contributed by atoms with Crippen molar-refractivity contribution in [3.05, 3.63) is 65.2 Å². The van der Waals surface area contributed by atoms with Gasteiger partial charge in [0.25, 0.3) is 5.91 Å². The molecule has 4 rings (SSSR count). The summed E-state index contributed by atoms with van der Waals surface area (Å²) in [5, 5.41) is 7.14. The second-order valence-corrected chi connectivity index (χ2v) is 9.02. The highest BCUT2D eigenvalue weighted by molar-refractivity contribution is 5.95. The predicted molar refractivity (Wildman–Crippen MR) is 127 cm³/mol. The minimum absolute atomic E-state index is 0.114. The van der Waals surface area contributed by atoms with Crippen LogP contribution in [0.2, 0.25) is 0 Å². The molecular weight excluding hydrogens is 457 g/mol. The quantitative estimate of drug-likeness (QED) is 0.524. The Balaban J connectivity index is 1.45. The van der Waals surface area contributed by atoms with Crippen molar-refractivity contribution in [2.24, 2.45) is 0 Å². The normalized spacial score (nSPS) is 14.7. The second kappa shape index (κ2) is 10.5. The summed E-state index contributed by atoms with van der Waals surface area (Å²) < 4.78 is 40.0. The molecule has 7 nitrogen and oxygen atoms in total. The van der Waals surface area contributed by atoms with Gasteiger partial charge in [-0.15, -0.1) is 0 Å². The number of hydrogen-bond donors (Lipinski definition) is 1. The molecule has 0 aromatic carbocycles. The molecular formula is C25H29F3N6O. The molecule has 1 aliphatic rings. The van der Waals surface area contributed by atoms with Crippen LogP contribution >= 0.6 is 0 Å². The van der Waals surface area contributed by atoms with Crippen molar-refractivity contribution in [3.63, 3.8) is 0 Å². The van der Waals surface area contributed by atoms with Gasteiger partial charge in [0, 0.05) is 32.0 Å². The van der Waals surface area contributed by atoms with E-state index in [2.05, 4.69) is 25.3 Å². The molecule has 0 saturated carbocycles. The number of aromatic nitrogens is 4. The summed E-state index contributed by atoms with van der Waals surface area (Å²) in [5.41, 5.74) is 0.966. The third-order valence-corrected chi connectivity index (χ3v) is 6.08. The SMILES string of the molecule is CC(C)c1c(C(=O)NCc2ccc(N3CCCCCC3)nc2)cnn1-c1ccc(C(F)(F)F)cn1. The lowest BCUT2D eigenvalue weighted by atomic mass is 10.1. The molecule has 4 heterocycles. The molecule has 0 aliphatic carbocycles. The zero-order valence-corrected chi connectivity index (χ0v) is 19.8. The molecule has 186 valence electrons. The molecule has 1 N–H and O–H groups in total. The van der Waals surface area contributed by atoms with Gasteiger partial charge in [0.05, 0.1) is 23.0 Å². The average molecular weight is 487 g/mol. The highest BCUT2D eigenvalue weighted by Crippen LogP contribution is 2.29. The zero-order chi connectivity index (χ0) is 25.0. The molecule has 0 spiro atoms. The van der Waals surface area contributed by atoms with Crippen LogP contribution in [-0.2, 0) is 12.7 Å². The van der Waals surface area contributed by atoms with Gasteiger partial charge in [-0.05, 0) is 42.5 Å². The standard InChI is InChI=1S/C25H29F3N6O/c1-17(2)23-20(16-32-34(23)22-10-8-19(15-30-22)25(26,27)28)24(35)31-14-18-7-9-21(29-13-18)33-11-5-3-4-6-12-33/h7-10,13,15-17H,3-6,11-12,14H2,1-2H3,(H,31,35). The van der Waals surface area contributed by atoms with E-state index >= 15 is 0 Å². The summed E-state index contributed by atoms with van der Waals surface area (Å²) in [6, 6.07) is 6.16. The summed E-state index contributed by atoms with van der Waals surface area (Å²) in [5.74, 6) is 0.740. The van der Waals surface area contributed by atoms with Gasteiger partial charge in [-0.1, -0.05) is 32.8 Å². The smallest absolute Gasteiger partial charge is 0.357 e. The molecule has 0 atom stereocenters. The largest absolute Gasteiger partial charge is 0.417 e. The Morgan fingerprint density at radius 3 is 2.23 bits per heavy atom. The molecule has 3 aromatic rings. The maximum atomic E-state index is 13.0. The van der Waals surface area contributed by atoms with E-state index in [0.717, 1.165) is 36.7 Å². The minimum atomic E-state index is -4.47. The van der Waals surface area contributed by atoms with Crippen LogP contribution in [0.15, 0.2) is 42.9 Å². The summed E-state index contributed by atoms with van der Waals surface area (Å²) in [6.45, 7) is 6.10. The molecule has 1 fully saturated rings. The zero-order valence-electron chi connectivity index (χ0n) is 19.8. The number of halogens is 3. The Bertz CT molecular complexity index is 1130. The van der Waals surface area contributed by atoms with Crippen LogP contribution in [0.5, 0.6) is 0 Å². The molecule has 3 aromatic heterocycles. The van der Waals surface area contributed by atoms with E-state index in [-0.39, 0.29) is 17.6 Å². The number of rotatable bonds is 6. The fourth-order valence-electron chi connectivity index (χ4n) is 4.24. The Morgan fingerprint density at radius 2 is 1.66 bits per heavy atom. The van der Waals surface area contributed by atoms with Crippen molar-refractivity contribution in [1.82, 2.24) is 25.1 Å². The van der Waals surface area contributed by atoms with Gasteiger partial charge in [0.15, 0.2) is 5.82 Å². The summed E-state index contributed by atoms with van der Waals surface area (Å²) >= 11 is 0. The highest BCUT2D eigenvalue weighted by atomic mass is 19.4. The van der Waals surface area contributed by atoms with Gasteiger partial charge in [0.2, 0.25) is 0 Å². The first-order chi connectivity index (χ1) is 16.7. The number of nitrogens with one attached hydrogen (secondary N) is 1. The van der Waals surface area contributed by atoms with E-state index in [4.69, 9.17) is 0 Å². The Labute approximate surface area is 202 Å². The molecule has 1 saturated heterocycles. The van der Waals surface area contributed by atoms with Crippen LogP contribution in [0.1, 0.15) is 72.6 Å². The van der Waals surface area contributed by atoms with Gasteiger partial charge < -0.3 is 10.2 Å². The van der Waals surface area contributed by atoms with Crippen LogP contribution < -0.4 is 10.2 Å². The van der Waals surface area contributed by atoms with Crippen molar-refractivity contribution in [3.8, 4) is 5.82 Å². The fraction of sp³-hybridized carbons (Fsp3) is 0.440. The van der Waals surface area contributed by atoms with Crippen LogP contribution in [0.25, 0.3) is 5.82 Å². The summed E-state index contributed by atoms with van der Waals surface area (Å²) in [7, 11) is 0. The van der Waals surface area contributed by atoms with E-state index < -0.39 is 11.7 Å². The fourth-order valence-corrected chi connectivity index (χ4v) is 4.24. The first-order valence-corrected chi connectivity index (χ1v) is 11.8. The van der Waals surface area contributed by atoms with Crippen molar-refractivity contribution < 1.29 is 18.0 Å². The number of pyridine rings is 2. The maximum absolute atomic E-state index is 13.0. The molecule has 1 aliphatic heterocycles. The average Bonchev–Trinajstić information content (AvgIpc) is 3.11. The van der Waals surface area contributed by atoms with Crippen molar-refractivity contribution in [1.29, 1.82) is 0 Å². The Kier molecular flexibility index (Phi) is 7.37. The van der Waals surface area contributed by atoms with Gasteiger partial charge in [-0.25, -0.2) is 14.6 Å². The van der Waals surface area contributed by atoms with Crippen LogP contribution in [0, 0.1) is 0 Å². The molecule has 0 unspecified atom stereocenters. The molecule has 0 bridgehead atoms. The minimum Gasteiger partial charge on any atom is -0.357 e. The van der Waals surface area contributed by atoms with Gasteiger partial charge in [0.1, 0.15) is 5.82 Å². The van der Waals surface area contributed by atoms with Crippen LogP contribution in [0.4, 0.5) is 19.0 Å². The third kappa shape index (κ3) is 5.80. The van der Waals surface area contributed by atoms with Crippen molar-refractivity contribution >= 4 is 11.7 Å². The van der Waals surface area contributed by atoms with E-state index in [1.54, 1.807) is 6.20 Å². The first kappa shape index (κ1) is 24.7. The molecule has 0 radical (unpaired) electrons. The number of amides is 1. The predicted octanol–water partition coefficient (Wildman–Crippen LogP) is 5.11. The lowest BCUT2D eigenvalue weighted by molar-refractivity contribution is -0.137. The van der Waals surface area contributed by atoms with Gasteiger partial charge >= 0.3 is 6.18 Å². The summed E-state index contributed by atoms with van der Waals surface area (Å²) in [4.78, 5) is 23.8. The second-order valence-electron chi connectivity index (χ2n) is 9.02. The molecule has 35 heavy (non-hydrogen) atoms. The first-order valence-electron chi connectivity index (χ1n) is 11.8. The number of carbonyl (C=O) groups excluding carboxylic acids is 1. The van der Waals surface area contributed by atoms with Gasteiger partial charge in [-0.3, -0.25) is 4.79 Å². The third-order valence-electron chi connectivity index (χ3n) is 6.08. The number of hydrogen-bond acceptors (Lipinski definition) is 5. The Hall–Kier alpha value is -3.43. The lowest BCUT2D eigenvalue weighted by Gasteiger charge is -2.21. The monoisotopic (exact) mass is 486 g/mol. The van der Waals surface area contributed by atoms with Crippen LogP contribution in [-0.4, -0.2) is 38.7 Å². The van der Waals surface area contributed by atoms with E-state index in [1.165, 1.54) is 42.6 Å². The highest BCUT2D eigenvalue weighted by Gasteiger charge is 2.31. The number of nitrogens with zero attached hydrogens (tertiary/aromatic N) is 5.